The topological polar surface area (TPSA) is 9.23 Å². The monoisotopic (exact) mass is 332 g/mol. The predicted molar refractivity (Wildman–Crippen MR) is 95.3 cm³/mol. The molecular weight excluding hydrogens is 306 g/mol. The van der Waals surface area contributed by atoms with Gasteiger partial charge in [-0.05, 0) is 36.2 Å². The summed E-state index contributed by atoms with van der Waals surface area (Å²) in [5.41, 5.74) is 1.12. The van der Waals surface area contributed by atoms with E-state index in [9.17, 15) is 8.78 Å². The molecule has 0 fully saturated rings. The molecule has 0 atom stereocenters. The van der Waals surface area contributed by atoms with Gasteiger partial charge < -0.3 is 4.74 Å². The number of rotatable bonds is 10. The van der Waals surface area contributed by atoms with E-state index < -0.39 is 0 Å². The Morgan fingerprint density at radius 1 is 0.792 bits per heavy atom. The van der Waals surface area contributed by atoms with Crippen molar-refractivity contribution in [2.24, 2.45) is 0 Å². The van der Waals surface area contributed by atoms with Crippen LogP contribution in [0.2, 0.25) is 0 Å². The van der Waals surface area contributed by atoms with Gasteiger partial charge in [0.15, 0.2) is 0 Å². The van der Waals surface area contributed by atoms with E-state index in [0.717, 1.165) is 12.8 Å². The quantitative estimate of drug-likeness (QED) is 0.437. The molecular formula is C21H26F2O. The van der Waals surface area contributed by atoms with Crippen LogP contribution in [0.1, 0.15) is 51.9 Å². The minimum atomic E-state index is -0.348. The zero-order valence-electron chi connectivity index (χ0n) is 14.4. The minimum absolute atomic E-state index is 0.325. The first-order valence-electron chi connectivity index (χ1n) is 8.89. The van der Waals surface area contributed by atoms with Crippen molar-refractivity contribution in [3.05, 3.63) is 54.1 Å². The summed E-state index contributed by atoms with van der Waals surface area (Å²) in [6.45, 7) is 2.83. The standard InChI is InChI=1S/C21H26F2O/c1-2-3-4-5-6-7-8-15-24-19-13-14-20(21(23)16-19)17-9-11-18(22)12-10-17/h9-14,16H,2-8,15H2,1H3. The summed E-state index contributed by atoms with van der Waals surface area (Å²) in [4.78, 5) is 0. The Morgan fingerprint density at radius 3 is 2.12 bits per heavy atom. The lowest BCUT2D eigenvalue weighted by molar-refractivity contribution is 0.303. The average molecular weight is 332 g/mol. The lowest BCUT2D eigenvalue weighted by atomic mass is 10.1. The molecule has 0 aliphatic carbocycles. The van der Waals surface area contributed by atoms with E-state index >= 15 is 0 Å². The van der Waals surface area contributed by atoms with Gasteiger partial charge in [-0.15, -0.1) is 0 Å². The summed E-state index contributed by atoms with van der Waals surface area (Å²) in [7, 11) is 0. The molecule has 24 heavy (non-hydrogen) atoms. The SMILES string of the molecule is CCCCCCCCCOc1ccc(-c2ccc(F)cc2)c(F)c1. The molecule has 2 aromatic rings. The zero-order valence-corrected chi connectivity index (χ0v) is 14.4. The van der Waals surface area contributed by atoms with Crippen LogP contribution in [0.3, 0.4) is 0 Å². The molecule has 2 rings (SSSR count). The number of hydrogen-bond donors (Lipinski definition) is 0. The Morgan fingerprint density at radius 2 is 1.46 bits per heavy atom. The molecule has 0 saturated heterocycles. The first-order chi connectivity index (χ1) is 11.7. The maximum Gasteiger partial charge on any atom is 0.134 e. The lowest BCUT2D eigenvalue weighted by Crippen LogP contribution is -1.98. The Labute approximate surface area is 143 Å². The van der Waals surface area contributed by atoms with Crippen molar-refractivity contribution in [2.45, 2.75) is 51.9 Å². The Bertz CT molecular complexity index is 608. The van der Waals surface area contributed by atoms with Crippen LogP contribution < -0.4 is 4.74 Å². The molecule has 0 heterocycles. The molecule has 0 aliphatic rings. The second kappa shape index (κ2) is 10.1. The summed E-state index contributed by atoms with van der Waals surface area (Å²) in [6.07, 6.45) is 8.57. The molecule has 0 saturated carbocycles. The van der Waals surface area contributed by atoms with E-state index in [4.69, 9.17) is 4.74 Å². The molecule has 3 heteroatoms. The van der Waals surface area contributed by atoms with Gasteiger partial charge in [-0.3, -0.25) is 0 Å². The van der Waals surface area contributed by atoms with Gasteiger partial charge in [-0.1, -0.05) is 57.6 Å². The van der Waals surface area contributed by atoms with Gasteiger partial charge in [0.1, 0.15) is 17.4 Å². The number of unbranched alkanes of at least 4 members (excludes halogenated alkanes) is 6. The van der Waals surface area contributed by atoms with Crippen LogP contribution in [-0.2, 0) is 0 Å². The van der Waals surface area contributed by atoms with Crippen molar-refractivity contribution in [2.75, 3.05) is 6.61 Å². The second-order valence-corrected chi connectivity index (χ2v) is 6.12. The lowest BCUT2D eigenvalue weighted by Gasteiger charge is -2.09. The third-order valence-corrected chi connectivity index (χ3v) is 4.11. The van der Waals surface area contributed by atoms with Crippen molar-refractivity contribution in [1.29, 1.82) is 0 Å². The Balaban J connectivity index is 1.77. The van der Waals surface area contributed by atoms with Gasteiger partial charge in [0, 0.05) is 11.6 Å². The van der Waals surface area contributed by atoms with Gasteiger partial charge >= 0.3 is 0 Å². The highest BCUT2D eigenvalue weighted by Gasteiger charge is 2.07. The maximum atomic E-state index is 14.2. The molecule has 0 aliphatic heterocycles. The van der Waals surface area contributed by atoms with Crippen LogP contribution >= 0.6 is 0 Å². The van der Waals surface area contributed by atoms with Crippen molar-refractivity contribution < 1.29 is 13.5 Å². The van der Waals surface area contributed by atoms with Crippen LogP contribution in [0.5, 0.6) is 5.75 Å². The molecule has 0 bridgehead atoms. The Hall–Kier alpha value is -1.90. The molecule has 0 N–H and O–H groups in total. The predicted octanol–water partition coefficient (Wildman–Crippen LogP) is 6.76. The number of halogens is 2. The highest BCUT2D eigenvalue weighted by molar-refractivity contribution is 5.64. The van der Waals surface area contributed by atoms with Crippen LogP contribution in [-0.4, -0.2) is 6.61 Å². The van der Waals surface area contributed by atoms with Gasteiger partial charge in [-0.2, -0.15) is 0 Å². The largest absolute Gasteiger partial charge is 0.493 e. The second-order valence-electron chi connectivity index (χ2n) is 6.12. The molecule has 1 nitrogen and oxygen atoms in total. The van der Waals surface area contributed by atoms with Crippen molar-refractivity contribution in [1.82, 2.24) is 0 Å². The van der Waals surface area contributed by atoms with Gasteiger partial charge in [0.2, 0.25) is 0 Å². The van der Waals surface area contributed by atoms with E-state index in [2.05, 4.69) is 6.92 Å². The third-order valence-electron chi connectivity index (χ3n) is 4.11. The summed E-state index contributed by atoms with van der Waals surface area (Å²) in [5, 5.41) is 0. The molecule has 0 radical (unpaired) electrons. The summed E-state index contributed by atoms with van der Waals surface area (Å²) < 4.78 is 32.8. The summed E-state index contributed by atoms with van der Waals surface area (Å²) in [5.74, 6) is -0.128. The van der Waals surface area contributed by atoms with Crippen molar-refractivity contribution in [3.8, 4) is 16.9 Å². The fourth-order valence-electron chi connectivity index (χ4n) is 2.70. The number of benzene rings is 2. The molecule has 2 aromatic carbocycles. The molecule has 0 aromatic heterocycles. The fourth-order valence-corrected chi connectivity index (χ4v) is 2.70. The zero-order chi connectivity index (χ0) is 17.2. The highest BCUT2D eigenvalue weighted by Crippen LogP contribution is 2.26. The third kappa shape index (κ3) is 5.95. The smallest absolute Gasteiger partial charge is 0.134 e. The van der Waals surface area contributed by atoms with Gasteiger partial charge in [0.25, 0.3) is 0 Å². The van der Waals surface area contributed by atoms with E-state index in [1.54, 1.807) is 24.3 Å². The first-order valence-corrected chi connectivity index (χ1v) is 8.89. The van der Waals surface area contributed by atoms with Crippen LogP contribution in [0.15, 0.2) is 42.5 Å². The molecule has 0 amide bonds. The van der Waals surface area contributed by atoms with Crippen LogP contribution in [0.4, 0.5) is 8.78 Å². The van der Waals surface area contributed by atoms with E-state index in [1.807, 2.05) is 0 Å². The van der Waals surface area contributed by atoms with Gasteiger partial charge in [-0.25, -0.2) is 8.78 Å². The molecule has 0 unspecified atom stereocenters. The van der Waals surface area contributed by atoms with Crippen molar-refractivity contribution >= 4 is 0 Å². The highest BCUT2D eigenvalue weighted by atomic mass is 19.1. The average Bonchev–Trinajstić information content (AvgIpc) is 2.58. The number of ether oxygens (including phenoxy) is 1. The van der Waals surface area contributed by atoms with Crippen LogP contribution in [0.25, 0.3) is 11.1 Å². The summed E-state index contributed by atoms with van der Waals surface area (Å²) in [6, 6.07) is 10.7. The Kier molecular flexibility index (Phi) is 7.73. The first kappa shape index (κ1) is 18.4. The normalized spacial score (nSPS) is 10.8. The van der Waals surface area contributed by atoms with E-state index in [1.165, 1.54) is 50.3 Å². The summed E-state index contributed by atoms with van der Waals surface area (Å²) >= 11 is 0. The molecule has 0 spiro atoms. The van der Waals surface area contributed by atoms with Crippen LogP contribution in [0, 0.1) is 11.6 Å². The maximum absolute atomic E-state index is 14.2. The molecule has 130 valence electrons. The fraction of sp³-hybridized carbons (Fsp3) is 0.429. The van der Waals surface area contributed by atoms with Gasteiger partial charge in [0.05, 0.1) is 6.61 Å². The minimum Gasteiger partial charge on any atom is -0.493 e. The van der Waals surface area contributed by atoms with E-state index in [0.29, 0.717) is 23.5 Å². The number of hydrogen-bond acceptors (Lipinski definition) is 1. The van der Waals surface area contributed by atoms with E-state index in [-0.39, 0.29) is 11.6 Å². The van der Waals surface area contributed by atoms with Crippen molar-refractivity contribution in [3.63, 3.8) is 0 Å².